The molecule has 0 aliphatic carbocycles. The van der Waals surface area contributed by atoms with Crippen LogP contribution in [0.15, 0.2) is 12.1 Å². The van der Waals surface area contributed by atoms with Crippen molar-refractivity contribution < 1.29 is 4.74 Å². The minimum absolute atomic E-state index is 0.516. The minimum atomic E-state index is 0.516. The minimum Gasteiger partial charge on any atom is -0.495 e. The molecule has 0 aromatic heterocycles. The van der Waals surface area contributed by atoms with Crippen molar-refractivity contribution in [2.45, 2.75) is 0 Å². The summed E-state index contributed by atoms with van der Waals surface area (Å²) in [6, 6.07) is 3.37. The molecule has 0 radical (unpaired) electrons. The quantitative estimate of drug-likeness (QED) is 0.485. The molecule has 2 N–H and O–H groups in total. The van der Waals surface area contributed by atoms with Crippen LogP contribution in [0.25, 0.3) is 0 Å². The number of anilines is 1. The predicted octanol–water partition coefficient (Wildman–Crippen LogP) is 2.68. The first-order chi connectivity index (χ1) is 6.69. The maximum atomic E-state index is 5.94. The second kappa shape index (κ2) is 5.14. The van der Waals surface area contributed by atoms with Crippen LogP contribution in [0.3, 0.4) is 0 Å². The third kappa shape index (κ3) is 2.57. The molecular weight excluding hydrogens is 265 g/mol. The fraction of sp³-hybridized carbons (Fsp3) is 0.200. The first-order valence-electron chi connectivity index (χ1n) is 3.87. The van der Waals surface area contributed by atoms with E-state index in [9.17, 15) is 0 Å². The molecule has 0 atom stereocenters. The van der Waals surface area contributed by atoms with Gasteiger partial charge in [0.25, 0.3) is 0 Å². The lowest BCUT2D eigenvalue weighted by atomic mass is 10.2. The third-order valence-electron chi connectivity index (χ3n) is 1.61. The van der Waals surface area contributed by atoms with E-state index < -0.39 is 0 Å². The summed E-state index contributed by atoms with van der Waals surface area (Å²) in [7, 11) is 1.56. The lowest BCUT2D eigenvalue weighted by Gasteiger charge is -2.05. The zero-order chi connectivity index (χ0) is 10.6. The Bertz CT molecular complexity index is 395. The molecule has 0 aliphatic heterocycles. The number of halogens is 2. The van der Waals surface area contributed by atoms with Crippen LogP contribution in [0.4, 0.5) is 5.69 Å². The highest BCUT2D eigenvalue weighted by Gasteiger charge is 2.04. The maximum Gasteiger partial charge on any atom is 0.143 e. The van der Waals surface area contributed by atoms with Crippen LogP contribution in [-0.4, -0.2) is 12.4 Å². The monoisotopic (exact) mass is 273 g/mol. The molecule has 0 spiro atoms. The molecule has 1 aromatic carbocycles. The molecule has 74 valence electrons. The predicted molar refractivity (Wildman–Crippen MR) is 63.1 cm³/mol. The van der Waals surface area contributed by atoms with Gasteiger partial charge >= 0.3 is 0 Å². The fourth-order valence-corrected chi connectivity index (χ4v) is 1.33. The molecule has 0 saturated heterocycles. The van der Waals surface area contributed by atoms with Gasteiger partial charge in [0.2, 0.25) is 0 Å². The van der Waals surface area contributed by atoms with Crippen LogP contribution < -0.4 is 10.5 Å². The number of rotatable bonds is 1. The Balaban J connectivity index is 3.17. The SMILES string of the molecule is COc1cc(C#CCBr)c(Cl)cc1N. The summed E-state index contributed by atoms with van der Waals surface area (Å²) >= 11 is 9.15. The van der Waals surface area contributed by atoms with Gasteiger partial charge in [-0.05, 0) is 12.1 Å². The van der Waals surface area contributed by atoms with E-state index in [1.165, 1.54) is 0 Å². The van der Waals surface area contributed by atoms with Crippen LogP contribution in [0.5, 0.6) is 5.75 Å². The summed E-state index contributed by atoms with van der Waals surface area (Å²) in [6.45, 7) is 0. The molecule has 0 amide bonds. The average molecular weight is 275 g/mol. The van der Waals surface area contributed by atoms with Gasteiger partial charge in [0, 0.05) is 5.56 Å². The van der Waals surface area contributed by atoms with E-state index in [0.717, 1.165) is 5.56 Å². The van der Waals surface area contributed by atoms with Gasteiger partial charge in [0.1, 0.15) is 5.75 Å². The van der Waals surface area contributed by atoms with Crippen LogP contribution in [0.1, 0.15) is 5.56 Å². The van der Waals surface area contributed by atoms with Crippen molar-refractivity contribution in [3.05, 3.63) is 22.7 Å². The highest BCUT2D eigenvalue weighted by atomic mass is 79.9. The van der Waals surface area contributed by atoms with Crippen molar-refractivity contribution in [1.29, 1.82) is 0 Å². The highest BCUT2D eigenvalue weighted by molar-refractivity contribution is 9.09. The molecule has 4 heteroatoms. The van der Waals surface area contributed by atoms with E-state index in [-0.39, 0.29) is 0 Å². The van der Waals surface area contributed by atoms with Crippen LogP contribution >= 0.6 is 27.5 Å². The van der Waals surface area contributed by atoms with Crippen molar-refractivity contribution in [2.75, 3.05) is 18.2 Å². The van der Waals surface area contributed by atoms with Gasteiger partial charge in [-0.2, -0.15) is 0 Å². The Labute approximate surface area is 96.5 Å². The van der Waals surface area contributed by atoms with Gasteiger partial charge in [-0.1, -0.05) is 39.4 Å². The van der Waals surface area contributed by atoms with Gasteiger partial charge in [0.05, 0.1) is 23.1 Å². The van der Waals surface area contributed by atoms with E-state index in [4.69, 9.17) is 22.1 Å². The Morgan fingerprint density at radius 3 is 2.86 bits per heavy atom. The molecule has 0 heterocycles. The number of ether oxygens (including phenoxy) is 1. The first kappa shape index (κ1) is 11.2. The van der Waals surface area contributed by atoms with Gasteiger partial charge in [-0.25, -0.2) is 0 Å². The van der Waals surface area contributed by atoms with E-state index in [1.807, 2.05) is 0 Å². The number of nitrogens with two attached hydrogens (primary N) is 1. The molecule has 1 rings (SSSR count). The Morgan fingerprint density at radius 1 is 1.57 bits per heavy atom. The summed E-state index contributed by atoms with van der Waals surface area (Å²) < 4.78 is 5.06. The number of benzene rings is 1. The molecule has 14 heavy (non-hydrogen) atoms. The highest BCUT2D eigenvalue weighted by Crippen LogP contribution is 2.28. The van der Waals surface area contributed by atoms with Crippen LogP contribution in [0.2, 0.25) is 5.02 Å². The standard InChI is InChI=1S/C10H9BrClNO/c1-14-10-5-7(3-2-4-11)8(12)6-9(10)13/h5-6H,4,13H2,1H3. The summed E-state index contributed by atoms with van der Waals surface area (Å²) in [5, 5.41) is 1.15. The maximum absolute atomic E-state index is 5.94. The van der Waals surface area contributed by atoms with Gasteiger partial charge in [-0.15, -0.1) is 0 Å². The number of hydrogen-bond donors (Lipinski definition) is 1. The molecule has 0 unspecified atom stereocenters. The molecule has 0 fully saturated rings. The Hall–Kier alpha value is -0.850. The molecular formula is C10H9BrClNO. The summed E-state index contributed by atoms with van der Waals surface area (Å²) in [5.74, 6) is 6.35. The van der Waals surface area contributed by atoms with E-state index in [2.05, 4.69) is 27.8 Å². The normalized spacial score (nSPS) is 9.07. The van der Waals surface area contributed by atoms with E-state index >= 15 is 0 Å². The number of nitrogen functional groups attached to an aromatic ring is 1. The van der Waals surface area contributed by atoms with Gasteiger partial charge in [0.15, 0.2) is 0 Å². The fourth-order valence-electron chi connectivity index (χ4n) is 0.970. The Morgan fingerprint density at radius 2 is 2.29 bits per heavy atom. The van der Waals surface area contributed by atoms with Crippen molar-refractivity contribution in [3.63, 3.8) is 0 Å². The molecule has 0 saturated carbocycles. The van der Waals surface area contributed by atoms with Crippen LogP contribution in [-0.2, 0) is 0 Å². The second-order valence-corrected chi connectivity index (χ2v) is 3.48. The molecule has 2 nitrogen and oxygen atoms in total. The summed E-state index contributed by atoms with van der Waals surface area (Å²) in [5.41, 5.74) is 6.90. The molecule has 0 bridgehead atoms. The van der Waals surface area contributed by atoms with Crippen molar-refractivity contribution in [1.82, 2.24) is 0 Å². The smallest absolute Gasteiger partial charge is 0.143 e. The second-order valence-electron chi connectivity index (χ2n) is 2.51. The molecule has 1 aromatic rings. The number of alkyl halides is 1. The Kier molecular flexibility index (Phi) is 4.12. The topological polar surface area (TPSA) is 35.2 Å². The van der Waals surface area contributed by atoms with Crippen molar-refractivity contribution >= 4 is 33.2 Å². The lowest BCUT2D eigenvalue weighted by molar-refractivity contribution is 0.417. The van der Waals surface area contributed by atoms with E-state index in [0.29, 0.717) is 21.8 Å². The van der Waals surface area contributed by atoms with E-state index in [1.54, 1.807) is 19.2 Å². The van der Waals surface area contributed by atoms with Crippen LogP contribution in [0, 0.1) is 11.8 Å². The summed E-state index contributed by atoms with van der Waals surface area (Å²) in [6.07, 6.45) is 0. The zero-order valence-electron chi connectivity index (χ0n) is 7.60. The number of methoxy groups -OCH3 is 1. The van der Waals surface area contributed by atoms with Gasteiger partial charge < -0.3 is 10.5 Å². The van der Waals surface area contributed by atoms with Crippen molar-refractivity contribution in [3.8, 4) is 17.6 Å². The summed E-state index contributed by atoms with van der Waals surface area (Å²) in [4.78, 5) is 0. The largest absolute Gasteiger partial charge is 0.495 e. The third-order valence-corrected chi connectivity index (χ3v) is 2.20. The average Bonchev–Trinajstić information content (AvgIpc) is 2.17. The zero-order valence-corrected chi connectivity index (χ0v) is 9.95. The molecule has 0 aliphatic rings. The first-order valence-corrected chi connectivity index (χ1v) is 5.36. The van der Waals surface area contributed by atoms with Gasteiger partial charge in [-0.3, -0.25) is 0 Å². The number of hydrogen-bond acceptors (Lipinski definition) is 2. The lowest BCUT2D eigenvalue weighted by Crippen LogP contribution is -1.93. The van der Waals surface area contributed by atoms with Crippen molar-refractivity contribution in [2.24, 2.45) is 0 Å².